The van der Waals surface area contributed by atoms with Gasteiger partial charge in [-0.1, -0.05) is 72.8 Å². The number of imide groups is 1. The van der Waals surface area contributed by atoms with E-state index in [2.05, 4.69) is 5.32 Å². The van der Waals surface area contributed by atoms with Crippen LogP contribution in [0.4, 0.5) is 8.78 Å². The van der Waals surface area contributed by atoms with Gasteiger partial charge in [0.25, 0.3) is 0 Å². The van der Waals surface area contributed by atoms with Gasteiger partial charge in [-0.25, -0.2) is 8.78 Å². The first kappa shape index (κ1) is 25.9. The van der Waals surface area contributed by atoms with Crippen LogP contribution in [0.3, 0.4) is 0 Å². The third-order valence-corrected chi connectivity index (χ3v) is 6.21. The SMILES string of the molecule is C[C@H](N)C(=O)N(C(=O)Cc1cc(F)cc(F)c1)[C@@H]1C(=O)N[C@H](c2ccccc2)C=C[C@@H]1c1ccccc1. The molecule has 8 heteroatoms. The number of nitrogens with zero attached hydrogens (tertiary/aromatic N) is 1. The zero-order chi connectivity index (χ0) is 26.5. The van der Waals surface area contributed by atoms with E-state index >= 15 is 0 Å². The Morgan fingerprint density at radius 2 is 1.49 bits per heavy atom. The molecule has 1 heterocycles. The van der Waals surface area contributed by atoms with Crippen molar-refractivity contribution in [2.24, 2.45) is 5.73 Å². The smallest absolute Gasteiger partial charge is 0.246 e. The average molecular weight is 504 g/mol. The summed E-state index contributed by atoms with van der Waals surface area (Å²) in [6.07, 6.45) is 3.13. The Labute approximate surface area is 213 Å². The van der Waals surface area contributed by atoms with Gasteiger partial charge in [0.15, 0.2) is 0 Å². The molecule has 3 aromatic carbocycles. The molecular weight excluding hydrogens is 476 g/mol. The molecule has 0 aromatic heterocycles. The second-order valence-corrected chi connectivity index (χ2v) is 9.01. The second-order valence-electron chi connectivity index (χ2n) is 9.01. The van der Waals surface area contributed by atoms with Crippen LogP contribution in [0.15, 0.2) is 91.0 Å². The van der Waals surface area contributed by atoms with Gasteiger partial charge in [0.1, 0.15) is 17.7 Å². The quantitative estimate of drug-likeness (QED) is 0.501. The molecule has 0 aliphatic carbocycles. The lowest BCUT2D eigenvalue weighted by Crippen LogP contribution is -2.58. The highest BCUT2D eigenvalue weighted by Crippen LogP contribution is 2.31. The Kier molecular flexibility index (Phi) is 7.89. The molecule has 3 aromatic rings. The van der Waals surface area contributed by atoms with Gasteiger partial charge < -0.3 is 11.1 Å². The molecule has 4 atom stereocenters. The number of amides is 3. The summed E-state index contributed by atoms with van der Waals surface area (Å²) in [5.41, 5.74) is 7.47. The first-order valence-corrected chi connectivity index (χ1v) is 11.9. The highest BCUT2D eigenvalue weighted by Gasteiger charge is 2.42. The summed E-state index contributed by atoms with van der Waals surface area (Å²) in [4.78, 5) is 41.5. The first-order chi connectivity index (χ1) is 17.7. The Bertz CT molecular complexity index is 1290. The summed E-state index contributed by atoms with van der Waals surface area (Å²) < 4.78 is 27.6. The van der Waals surface area contributed by atoms with Crippen LogP contribution < -0.4 is 11.1 Å². The zero-order valence-corrected chi connectivity index (χ0v) is 20.2. The number of nitrogens with two attached hydrogens (primary N) is 1. The van der Waals surface area contributed by atoms with E-state index in [9.17, 15) is 23.2 Å². The average Bonchev–Trinajstić information content (AvgIpc) is 3.03. The normalized spacial score (nSPS) is 20.0. The molecule has 1 aliphatic rings. The number of hydrogen-bond donors (Lipinski definition) is 2. The fourth-order valence-electron chi connectivity index (χ4n) is 4.49. The van der Waals surface area contributed by atoms with Gasteiger partial charge in [-0.3, -0.25) is 19.3 Å². The minimum absolute atomic E-state index is 0.0352. The Balaban J connectivity index is 1.78. The minimum atomic E-state index is -1.28. The number of nitrogens with one attached hydrogen (secondary N) is 1. The molecule has 0 bridgehead atoms. The summed E-state index contributed by atoms with van der Waals surface area (Å²) >= 11 is 0. The van der Waals surface area contributed by atoms with Gasteiger partial charge in [-0.2, -0.15) is 0 Å². The third-order valence-electron chi connectivity index (χ3n) is 6.21. The molecular formula is C29H27F2N3O3. The van der Waals surface area contributed by atoms with Crippen molar-refractivity contribution < 1.29 is 23.2 Å². The van der Waals surface area contributed by atoms with Crippen molar-refractivity contribution in [1.82, 2.24) is 10.2 Å². The molecule has 0 unspecified atom stereocenters. The summed E-state index contributed by atoms with van der Waals surface area (Å²) in [7, 11) is 0. The summed E-state index contributed by atoms with van der Waals surface area (Å²) in [5.74, 6) is -4.51. The van der Waals surface area contributed by atoms with Gasteiger partial charge in [0, 0.05) is 12.0 Å². The van der Waals surface area contributed by atoms with Gasteiger partial charge in [0.05, 0.1) is 18.5 Å². The van der Waals surface area contributed by atoms with Crippen LogP contribution in [0.1, 0.15) is 35.6 Å². The Morgan fingerprint density at radius 3 is 2.05 bits per heavy atom. The van der Waals surface area contributed by atoms with Crippen LogP contribution in [0.5, 0.6) is 0 Å². The van der Waals surface area contributed by atoms with E-state index in [1.165, 1.54) is 6.92 Å². The van der Waals surface area contributed by atoms with E-state index < -0.39 is 59.8 Å². The van der Waals surface area contributed by atoms with Crippen molar-refractivity contribution in [2.75, 3.05) is 0 Å². The molecule has 4 rings (SSSR count). The molecule has 0 radical (unpaired) electrons. The van der Waals surface area contributed by atoms with Crippen LogP contribution >= 0.6 is 0 Å². The van der Waals surface area contributed by atoms with E-state index in [4.69, 9.17) is 5.73 Å². The lowest BCUT2D eigenvalue weighted by Gasteiger charge is -2.34. The maximum atomic E-state index is 13.8. The van der Waals surface area contributed by atoms with Crippen LogP contribution in [0, 0.1) is 11.6 Å². The number of hydrogen-bond acceptors (Lipinski definition) is 4. The topological polar surface area (TPSA) is 92.5 Å². The number of carbonyl (C=O) groups is 3. The van der Waals surface area contributed by atoms with E-state index in [0.29, 0.717) is 11.6 Å². The third kappa shape index (κ3) is 5.98. The van der Waals surface area contributed by atoms with Crippen LogP contribution in [-0.2, 0) is 20.8 Å². The number of benzene rings is 3. The van der Waals surface area contributed by atoms with E-state index in [-0.39, 0.29) is 5.56 Å². The lowest BCUT2D eigenvalue weighted by molar-refractivity contribution is -0.152. The molecule has 3 amide bonds. The van der Waals surface area contributed by atoms with Crippen LogP contribution in [0.2, 0.25) is 0 Å². The molecule has 3 N–H and O–H groups in total. The zero-order valence-electron chi connectivity index (χ0n) is 20.2. The fourth-order valence-corrected chi connectivity index (χ4v) is 4.49. The Hall–Kier alpha value is -4.17. The molecule has 0 spiro atoms. The number of rotatable bonds is 6. The summed E-state index contributed by atoms with van der Waals surface area (Å²) in [5, 5.41) is 2.92. The van der Waals surface area contributed by atoms with Crippen LogP contribution in [-0.4, -0.2) is 34.7 Å². The molecule has 1 aliphatic heterocycles. The largest absolute Gasteiger partial charge is 0.344 e. The molecule has 6 nitrogen and oxygen atoms in total. The molecule has 37 heavy (non-hydrogen) atoms. The standard InChI is InChI=1S/C29H27F2N3O3/c1-18(32)29(37)34(26(35)16-19-14-22(30)17-23(31)15-19)27-24(20-8-4-2-5-9-20)12-13-25(33-28(27)36)21-10-6-3-7-11-21/h2-15,17-18,24-25,27H,16,32H2,1H3,(H,33,36)/t18-,24+,25-,27-/m0/s1. The van der Waals surface area contributed by atoms with Crippen molar-refractivity contribution in [3.05, 3.63) is 119 Å². The van der Waals surface area contributed by atoms with Crippen molar-refractivity contribution in [3.8, 4) is 0 Å². The summed E-state index contributed by atoms with van der Waals surface area (Å²) in [6, 6.07) is 18.2. The van der Waals surface area contributed by atoms with Gasteiger partial charge in [-0.15, -0.1) is 0 Å². The highest BCUT2D eigenvalue weighted by molar-refractivity contribution is 6.03. The fraction of sp³-hybridized carbons (Fsp3) is 0.207. The predicted molar refractivity (Wildman–Crippen MR) is 135 cm³/mol. The van der Waals surface area contributed by atoms with Crippen LogP contribution in [0.25, 0.3) is 0 Å². The molecule has 0 saturated heterocycles. The van der Waals surface area contributed by atoms with E-state index in [1.54, 1.807) is 30.3 Å². The minimum Gasteiger partial charge on any atom is -0.344 e. The van der Waals surface area contributed by atoms with Gasteiger partial charge in [0.2, 0.25) is 17.7 Å². The maximum Gasteiger partial charge on any atom is 0.246 e. The van der Waals surface area contributed by atoms with Gasteiger partial charge in [-0.05, 0) is 35.7 Å². The predicted octanol–water partition coefficient (Wildman–Crippen LogP) is 3.79. The van der Waals surface area contributed by atoms with Crippen molar-refractivity contribution >= 4 is 17.7 Å². The van der Waals surface area contributed by atoms with Gasteiger partial charge >= 0.3 is 0 Å². The first-order valence-electron chi connectivity index (χ1n) is 11.9. The number of carbonyl (C=O) groups excluding carboxylic acids is 3. The Morgan fingerprint density at radius 1 is 0.919 bits per heavy atom. The van der Waals surface area contributed by atoms with E-state index in [1.807, 2.05) is 42.5 Å². The second kappa shape index (κ2) is 11.3. The van der Waals surface area contributed by atoms with Crippen molar-refractivity contribution in [2.45, 2.75) is 37.4 Å². The maximum absolute atomic E-state index is 13.8. The van der Waals surface area contributed by atoms with E-state index in [0.717, 1.165) is 22.6 Å². The van der Waals surface area contributed by atoms with Crippen molar-refractivity contribution in [1.29, 1.82) is 0 Å². The molecule has 190 valence electrons. The monoisotopic (exact) mass is 503 g/mol. The lowest BCUT2D eigenvalue weighted by atomic mass is 9.89. The number of halogens is 2. The molecule has 0 saturated carbocycles. The summed E-state index contributed by atoms with van der Waals surface area (Å²) in [6.45, 7) is 1.42. The highest BCUT2D eigenvalue weighted by atomic mass is 19.1. The van der Waals surface area contributed by atoms with Crippen molar-refractivity contribution in [3.63, 3.8) is 0 Å². The molecule has 0 fully saturated rings.